The van der Waals surface area contributed by atoms with Crippen LogP contribution >= 0.6 is 0 Å². The number of aromatic nitrogens is 3. The van der Waals surface area contributed by atoms with Crippen LogP contribution in [0, 0.1) is 0 Å². The second kappa shape index (κ2) is 6.50. The van der Waals surface area contributed by atoms with E-state index in [1.165, 1.54) is 16.8 Å². The molecule has 1 aliphatic rings. The highest BCUT2D eigenvalue weighted by Gasteiger charge is 2.30. The molecule has 9 nitrogen and oxygen atoms in total. The van der Waals surface area contributed by atoms with Gasteiger partial charge in [0.2, 0.25) is 15.9 Å². The maximum absolute atomic E-state index is 12.4. The molecule has 1 N–H and O–H groups in total. The van der Waals surface area contributed by atoms with Crippen molar-refractivity contribution in [3.8, 4) is 5.88 Å². The topological polar surface area (TPSA) is 110 Å². The summed E-state index contributed by atoms with van der Waals surface area (Å²) in [5, 5.41) is 6.73. The first-order chi connectivity index (χ1) is 11.1. The Hall–Kier alpha value is -2.20. The minimum absolute atomic E-state index is 0.0874. The smallest absolute Gasteiger partial charge is 0.247 e. The van der Waals surface area contributed by atoms with Gasteiger partial charge in [0.05, 0.1) is 13.3 Å². The van der Waals surface area contributed by atoms with Gasteiger partial charge in [0, 0.05) is 25.2 Å². The number of sulfonamides is 1. The number of anilines is 1. The molecule has 1 aliphatic heterocycles. The van der Waals surface area contributed by atoms with Gasteiger partial charge in [-0.1, -0.05) is 5.16 Å². The Morgan fingerprint density at radius 1 is 1.35 bits per heavy atom. The molecule has 0 unspecified atom stereocenters. The van der Waals surface area contributed by atoms with Gasteiger partial charge in [-0.3, -0.25) is 0 Å². The summed E-state index contributed by atoms with van der Waals surface area (Å²) in [5.41, 5.74) is 0. The van der Waals surface area contributed by atoms with E-state index in [1.54, 1.807) is 13.2 Å². The first-order valence-corrected chi connectivity index (χ1v) is 8.55. The van der Waals surface area contributed by atoms with Crippen LogP contribution in [0.2, 0.25) is 0 Å². The highest BCUT2D eigenvalue weighted by atomic mass is 32.2. The number of methoxy groups -OCH3 is 1. The largest absolute Gasteiger partial charge is 0.481 e. The van der Waals surface area contributed by atoms with Gasteiger partial charge in [-0.2, -0.15) is 4.31 Å². The predicted octanol–water partition coefficient (Wildman–Crippen LogP) is 0.738. The third kappa shape index (κ3) is 3.42. The van der Waals surface area contributed by atoms with E-state index in [4.69, 9.17) is 4.74 Å². The first-order valence-electron chi connectivity index (χ1n) is 7.11. The number of hydrogen-bond donors (Lipinski definition) is 1. The molecule has 0 bridgehead atoms. The van der Waals surface area contributed by atoms with Gasteiger partial charge in [-0.15, -0.1) is 0 Å². The minimum Gasteiger partial charge on any atom is -0.481 e. The van der Waals surface area contributed by atoms with Crippen molar-refractivity contribution in [3.05, 3.63) is 24.9 Å². The molecule has 10 heteroatoms. The van der Waals surface area contributed by atoms with Crippen molar-refractivity contribution in [2.24, 2.45) is 0 Å². The van der Waals surface area contributed by atoms with E-state index in [1.807, 2.05) is 0 Å². The molecule has 0 atom stereocenters. The fourth-order valence-electron chi connectivity index (χ4n) is 2.45. The highest BCUT2D eigenvalue weighted by Crippen LogP contribution is 2.22. The molecule has 3 heterocycles. The van der Waals surface area contributed by atoms with Gasteiger partial charge in [0.1, 0.15) is 23.3 Å². The second-order valence-corrected chi connectivity index (χ2v) is 7.07. The lowest BCUT2D eigenvalue weighted by molar-refractivity contribution is 0.329. The molecule has 0 aliphatic carbocycles. The fourth-order valence-corrected chi connectivity index (χ4v) is 3.78. The van der Waals surface area contributed by atoms with Crippen molar-refractivity contribution in [1.82, 2.24) is 19.4 Å². The number of hydrogen-bond acceptors (Lipinski definition) is 8. The summed E-state index contributed by atoms with van der Waals surface area (Å²) < 4.78 is 35.8. The normalized spacial score (nSPS) is 17.1. The minimum atomic E-state index is -3.52. The van der Waals surface area contributed by atoms with Crippen molar-refractivity contribution in [2.45, 2.75) is 23.8 Å². The van der Waals surface area contributed by atoms with Crippen molar-refractivity contribution in [1.29, 1.82) is 0 Å². The van der Waals surface area contributed by atoms with E-state index in [9.17, 15) is 8.42 Å². The highest BCUT2D eigenvalue weighted by molar-refractivity contribution is 7.89. The quantitative estimate of drug-likeness (QED) is 0.849. The number of ether oxygens (including phenoxy) is 1. The number of piperidine rings is 1. The number of nitrogens with zero attached hydrogens (tertiary/aromatic N) is 4. The van der Waals surface area contributed by atoms with Crippen molar-refractivity contribution in [3.63, 3.8) is 0 Å². The number of nitrogens with one attached hydrogen (secondary N) is 1. The summed E-state index contributed by atoms with van der Waals surface area (Å²) in [4.78, 5) is 8.17. The second-order valence-electron chi connectivity index (χ2n) is 5.13. The molecule has 0 aromatic carbocycles. The molecule has 1 fully saturated rings. The summed E-state index contributed by atoms with van der Waals surface area (Å²) in [6, 6.07) is 1.85. The summed E-state index contributed by atoms with van der Waals surface area (Å²) in [6.07, 6.45) is 5.14. The average Bonchev–Trinajstić information content (AvgIpc) is 3.11. The van der Waals surface area contributed by atoms with Gasteiger partial charge in [0.15, 0.2) is 0 Å². The van der Waals surface area contributed by atoms with E-state index >= 15 is 0 Å². The van der Waals surface area contributed by atoms with E-state index < -0.39 is 10.0 Å². The van der Waals surface area contributed by atoms with Crippen LogP contribution in [0.15, 0.2) is 34.3 Å². The van der Waals surface area contributed by atoms with E-state index in [-0.39, 0.29) is 10.9 Å². The van der Waals surface area contributed by atoms with Crippen LogP contribution in [-0.2, 0) is 10.0 Å². The lowest BCUT2D eigenvalue weighted by Crippen LogP contribution is -2.42. The van der Waals surface area contributed by atoms with Crippen LogP contribution in [0.5, 0.6) is 5.88 Å². The Kier molecular flexibility index (Phi) is 4.44. The van der Waals surface area contributed by atoms with Gasteiger partial charge >= 0.3 is 0 Å². The molecule has 124 valence electrons. The van der Waals surface area contributed by atoms with E-state index in [0.717, 1.165) is 6.26 Å². The van der Waals surface area contributed by atoms with Crippen LogP contribution in [0.4, 0.5) is 5.82 Å². The lowest BCUT2D eigenvalue weighted by Gasteiger charge is -2.31. The Morgan fingerprint density at radius 2 is 2.13 bits per heavy atom. The maximum atomic E-state index is 12.4. The predicted molar refractivity (Wildman–Crippen MR) is 80.5 cm³/mol. The van der Waals surface area contributed by atoms with Crippen LogP contribution in [0.25, 0.3) is 0 Å². The molecular weight excluding hydrogens is 322 g/mol. The van der Waals surface area contributed by atoms with E-state index in [0.29, 0.717) is 37.6 Å². The molecule has 2 aromatic rings. The summed E-state index contributed by atoms with van der Waals surface area (Å²) in [5.74, 6) is 1.15. The zero-order chi connectivity index (χ0) is 16.3. The maximum Gasteiger partial charge on any atom is 0.247 e. The standard InChI is InChI=1S/C13H17N5O4S/c1-21-13-6-12(14-9-15-13)17-10-2-4-18(5-3-10)23(19,20)11-7-16-22-8-11/h6-10H,2-5H2,1H3,(H,14,15,17). The van der Waals surface area contributed by atoms with Gasteiger partial charge in [0.25, 0.3) is 0 Å². The third-order valence-electron chi connectivity index (χ3n) is 3.70. The molecular formula is C13H17N5O4S. The lowest BCUT2D eigenvalue weighted by atomic mass is 10.1. The van der Waals surface area contributed by atoms with Crippen molar-refractivity contribution >= 4 is 15.8 Å². The fraction of sp³-hybridized carbons (Fsp3) is 0.462. The average molecular weight is 339 g/mol. The first kappa shape index (κ1) is 15.7. The molecule has 2 aromatic heterocycles. The summed E-state index contributed by atoms with van der Waals surface area (Å²) >= 11 is 0. The van der Waals surface area contributed by atoms with Gasteiger partial charge in [-0.05, 0) is 12.8 Å². The number of rotatable bonds is 5. The Morgan fingerprint density at radius 3 is 2.78 bits per heavy atom. The molecule has 0 saturated carbocycles. The molecule has 1 saturated heterocycles. The molecule has 0 amide bonds. The van der Waals surface area contributed by atoms with E-state index in [2.05, 4.69) is 25.0 Å². The monoisotopic (exact) mass is 339 g/mol. The molecule has 0 radical (unpaired) electrons. The van der Waals surface area contributed by atoms with Crippen LogP contribution < -0.4 is 10.1 Å². The summed E-state index contributed by atoms with van der Waals surface area (Å²) in [6.45, 7) is 0.848. The SMILES string of the molecule is COc1cc(NC2CCN(S(=O)(=O)c3cnoc3)CC2)ncn1. The molecule has 3 rings (SSSR count). The zero-order valence-corrected chi connectivity index (χ0v) is 13.4. The zero-order valence-electron chi connectivity index (χ0n) is 12.5. The summed E-state index contributed by atoms with van der Waals surface area (Å²) in [7, 11) is -1.98. The van der Waals surface area contributed by atoms with Gasteiger partial charge < -0.3 is 14.6 Å². The molecule has 0 spiro atoms. The Labute approximate surface area is 133 Å². The van der Waals surface area contributed by atoms with Crippen LogP contribution in [0.1, 0.15) is 12.8 Å². The van der Waals surface area contributed by atoms with Crippen molar-refractivity contribution in [2.75, 3.05) is 25.5 Å². The van der Waals surface area contributed by atoms with Gasteiger partial charge in [-0.25, -0.2) is 18.4 Å². The van der Waals surface area contributed by atoms with Crippen molar-refractivity contribution < 1.29 is 17.7 Å². The Bertz CT molecular complexity index is 741. The van der Waals surface area contributed by atoms with Crippen LogP contribution in [-0.4, -0.2) is 54.1 Å². The molecule has 23 heavy (non-hydrogen) atoms. The Balaban J connectivity index is 1.60. The third-order valence-corrected chi connectivity index (χ3v) is 5.55. The van der Waals surface area contributed by atoms with Crippen LogP contribution in [0.3, 0.4) is 0 Å².